The van der Waals surface area contributed by atoms with Gasteiger partial charge in [-0.25, -0.2) is 0 Å². The lowest BCUT2D eigenvalue weighted by molar-refractivity contribution is -0.0383. The maximum Gasteiger partial charge on any atom is 0.197 e. The van der Waals surface area contributed by atoms with Gasteiger partial charge in [-0.1, -0.05) is 13.8 Å². The van der Waals surface area contributed by atoms with Gasteiger partial charge in [-0.2, -0.15) is 0 Å². The molecule has 0 saturated heterocycles. The van der Waals surface area contributed by atoms with Gasteiger partial charge in [0.25, 0.3) is 0 Å². The Morgan fingerprint density at radius 2 is 1.94 bits per heavy atom. The lowest BCUT2D eigenvalue weighted by Crippen LogP contribution is -2.45. The molecule has 0 spiro atoms. The van der Waals surface area contributed by atoms with Crippen molar-refractivity contribution in [2.24, 2.45) is 5.41 Å². The Balaban J connectivity index is 2.19. The van der Waals surface area contributed by atoms with Crippen molar-refractivity contribution in [3.05, 3.63) is 24.2 Å². The quantitative estimate of drug-likeness (QED) is 0.754. The van der Waals surface area contributed by atoms with Gasteiger partial charge in [0.2, 0.25) is 0 Å². The number of ether oxygens (including phenoxy) is 1. The van der Waals surface area contributed by atoms with Crippen molar-refractivity contribution in [3.8, 4) is 0 Å². The SMILES string of the molecule is COC1(C(=O)c2ccoc2)CCC(C)(C)CC1. The van der Waals surface area contributed by atoms with E-state index in [1.54, 1.807) is 13.2 Å². The van der Waals surface area contributed by atoms with Crippen LogP contribution in [0.4, 0.5) is 0 Å². The maximum atomic E-state index is 12.4. The van der Waals surface area contributed by atoms with Gasteiger partial charge in [-0.3, -0.25) is 4.79 Å². The normalized spacial score (nSPS) is 22.3. The number of Topliss-reactive ketones (excluding diaryl/α,β-unsaturated/α-hetero) is 1. The van der Waals surface area contributed by atoms with Gasteiger partial charge >= 0.3 is 0 Å². The molecule has 0 aromatic carbocycles. The van der Waals surface area contributed by atoms with Crippen LogP contribution in [0.15, 0.2) is 23.0 Å². The van der Waals surface area contributed by atoms with E-state index in [1.807, 2.05) is 0 Å². The molecule has 1 aliphatic carbocycles. The van der Waals surface area contributed by atoms with Crippen LogP contribution >= 0.6 is 0 Å². The standard InChI is InChI=1S/C14H20O3/c1-13(2)5-7-14(16-3,8-6-13)12(15)11-4-9-17-10-11/h4,9-10H,5-8H2,1-3H3. The Hall–Kier alpha value is -1.09. The smallest absolute Gasteiger partial charge is 0.197 e. The highest BCUT2D eigenvalue weighted by atomic mass is 16.5. The van der Waals surface area contributed by atoms with Gasteiger partial charge in [-0.05, 0) is 37.2 Å². The van der Waals surface area contributed by atoms with E-state index in [-0.39, 0.29) is 5.78 Å². The highest BCUT2D eigenvalue weighted by Gasteiger charge is 2.44. The summed E-state index contributed by atoms with van der Waals surface area (Å²) in [5.74, 6) is 0.0595. The Morgan fingerprint density at radius 1 is 1.29 bits per heavy atom. The number of rotatable bonds is 3. The Bertz CT molecular complexity index is 380. The first-order chi connectivity index (χ1) is 7.99. The Morgan fingerprint density at radius 3 is 2.41 bits per heavy atom. The number of methoxy groups -OCH3 is 1. The fourth-order valence-corrected chi connectivity index (χ4v) is 2.51. The van der Waals surface area contributed by atoms with Crippen LogP contribution in [-0.2, 0) is 4.74 Å². The van der Waals surface area contributed by atoms with Gasteiger partial charge in [0, 0.05) is 7.11 Å². The predicted octanol–water partition coefficient (Wildman–Crippen LogP) is 3.45. The summed E-state index contributed by atoms with van der Waals surface area (Å²) < 4.78 is 10.5. The number of hydrogen-bond donors (Lipinski definition) is 0. The molecule has 0 N–H and O–H groups in total. The van der Waals surface area contributed by atoms with E-state index >= 15 is 0 Å². The molecule has 0 atom stereocenters. The van der Waals surface area contributed by atoms with Crippen LogP contribution in [-0.4, -0.2) is 18.5 Å². The minimum Gasteiger partial charge on any atom is -0.472 e. The minimum absolute atomic E-state index is 0.0595. The molecule has 0 unspecified atom stereocenters. The molecular formula is C14H20O3. The molecule has 1 heterocycles. The van der Waals surface area contributed by atoms with Gasteiger partial charge in [0.15, 0.2) is 5.78 Å². The lowest BCUT2D eigenvalue weighted by atomic mass is 9.69. The van der Waals surface area contributed by atoms with Crippen molar-refractivity contribution in [2.45, 2.75) is 45.1 Å². The van der Waals surface area contributed by atoms with Crippen LogP contribution in [0, 0.1) is 5.41 Å². The molecule has 0 aliphatic heterocycles. The highest BCUT2D eigenvalue weighted by molar-refractivity contribution is 6.02. The number of carbonyl (C=O) groups excluding carboxylic acids is 1. The topological polar surface area (TPSA) is 39.4 Å². The summed E-state index contributed by atoms with van der Waals surface area (Å²) in [6.45, 7) is 4.49. The lowest BCUT2D eigenvalue weighted by Gasteiger charge is -2.41. The molecule has 2 rings (SSSR count). The average molecular weight is 236 g/mol. The molecule has 1 fully saturated rings. The van der Waals surface area contributed by atoms with E-state index in [9.17, 15) is 4.79 Å². The van der Waals surface area contributed by atoms with E-state index in [1.165, 1.54) is 12.5 Å². The fourth-order valence-electron chi connectivity index (χ4n) is 2.51. The molecule has 1 saturated carbocycles. The van der Waals surface area contributed by atoms with Gasteiger partial charge < -0.3 is 9.15 Å². The molecular weight excluding hydrogens is 216 g/mol. The van der Waals surface area contributed by atoms with Crippen LogP contribution in [0.5, 0.6) is 0 Å². The van der Waals surface area contributed by atoms with Crippen LogP contribution in [0.2, 0.25) is 0 Å². The number of furan rings is 1. The summed E-state index contributed by atoms with van der Waals surface area (Å²) >= 11 is 0. The third-order valence-corrected chi connectivity index (χ3v) is 4.00. The molecule has 3 heteroatoms. The number of hydrogen-bond acceptors (Lipinski definition) is 3. The summed E-state index contributed by atoms with van der Waals surface area (Å²) in [6.07, 6.45) is 6.65. The van der Waals surface area contributed by atoms with E-state index < -0.39 is 5.60 Å². The monoisotopic (exact) mass is 236 g/mol. The molecule has 17 heavy (non-hydrogen) atoms. The number of ketones is 1. The third-order valence-electron chi connectivity index (χ3n) is 4.00. The molecule has 1 aromatic rings. The average Bonchev–Trinajstić information content (AvgIpc) is 2.82. The van der Waals surface area contributed by atoms with Crippen molar-refractivity contribution < 1.29 is 13.9 Å². The van der Waals surface area contributed by atoms with Crippen molar-refractivity contribution in [2.75, 3.05) is 7.11 Å². The Kier molecular flexibility index (Phi) is 3.13. The van der Waals surface area contributed by atoms with E-state index in [2.05, 4.69) is 13.8 Å². The first-order valence-corrected chi connectivity index (χ1v) is 6.11. The van der Waals surface area contributed by atoms with E-state index in [4.69, 9.17) is 9.15 Å². The molecule has 0 bridgehead atoms. The molecule has 1 aliphatic rings. The summed E-state index contributed by atoms with van der Waals surface area (Å²) in [5, 5.41) is 0. The number of carbonyl (C=O) groups is 1. The minimum atomic E-state index is -0.639. The highest BCUT2D eigenvalue weighted by Crippen LogP contribution is 2.43. The largest absolute Gasteiger partial charge is 0.472 e. The zero-order valence-corrected chi connectivity index (χ0v) is 10.8. The maximum absolute atomic E-state index is 12.4. The summed E-state index contributed by atoms with van der Waals surface area (Å²) in [7, 11) is 1.64. The van der Waals surface area contributed by atoms with E-state index in [0.29, 0.717) is 11.0 Å². The molecule has 3 nitrogen and oxygen atoms in total. The van der Waals surface area contributed by atoms with E-state index in [0.717, 1.165) is 25.7 Å². The van der Waals surface area contributed by atoms with Gasteiger partial charge in [0.05, 0.1) is 11.8 Å². The van der Waals surface area contributed by atoms with Crippen molar-refractivity contribution in [1.29, 1.82) is 0 Å². The predicted molar refractivity (Wildman–Crippen MR) is 65.0 cm³/mol. The van der Waals surface area contributed by atoms with Gasteiger partial charge in [-0.15, -0.1) is 0 Å². The van der Waals surface area contributed by atoms with Crippen molar-refractivity contribution in [1.82, 2.24) is 0 Å². The zero-order valence-electron chi connectivity index (χ0n) is 10.8. The second-order valence-electron chi connectivity index (χ2n) is 5.70. The zero-order chi connectivity index (χ0) is 12.5. The van der Waals surface area contributed by atoms with Crippen LogP contribution in [0.1, 0.15) is 49.9 Å². The first-order valence-electron chi connectivity index (χ1n) is 6.11. The summed E-state index contributed by atoms with van der Waals surface area (Å²) in [6, 6.07) is 1.71. The van der Waals surface area contributed by atoms with Gasteiger partial charge in [0.1, 0.15) is 11.9 Å². The molecule has 1 aromatic heterocycles. The van der Waals surface area contributed by atoms with Crippen LogP contribution in [0.3, 0.4) is 0 Å². The van der Waals surface area contributed by atoms with Crippen molar-refractivity contribution in [3.63, 3.8) is 0 Å². The second kappa shape index (κ2) is 4.30. The fraction of sp³-hybridized carbons (Fsp3) is 0.643. The Labute approximate surface area is 102 Å². The second-order valence-corrected chi connectivity index (χ2v) is 5.70. The van der Waals surface area contributed by atoms with Crippen LogP contribution < -0.4 is 0 Å². The first kappa shape index (κ1) is 12.4. The molecule has 0 radical (unpaired) electrons. The van der Waals surface area contributed by atoms with Crippen molar-refractivity contribution >= 4 is 5.78 Å². The summed E-state index contributed by atoms with van der Waals surface area (Å²) in [5.41, 5.74) is 0.296. The van der Waals surface area contributed by atoms with Crippen LogP contribution in [0.25, 0.3) is 0 Å². The summed E-state index contributed by atoms with van der Waals surface area (Å²) in [4.78, 5) is 12.4. The molecule has 0 amide bonds. The molecule has 94 valence electrons. The third kappa shape index (κ3) is 2.29.